The van der Waals surface area contributed by atoms with Crippen LogP contribution in [-0.2, 0) is 4.74 Å². The van der Waals surface area contributed by atoms with Gasteiger partial charge in [0.15, 0.2) is 0 Å². The van der Waals surface area contributed by atoms with E-state index in [0.717, 1.165) is 0 Å². The monoisotopic (exact) mass is 298 g/mol. The number of halogens is 1. The van der Waals surface area contributed by atoms with E-state index >= 15 is 0 Å². The van der Waals surface area contributed by atoms with Crippen LogP contribution < -0.4 is 0 Å². The first-order valence-electron chi connectivity index (χ1n) is 5.20. The number of carbonyl (C=O) groups is 1. The summed E-state index contributed by atoms with van der Waals surface area (Å²) in [5.74, 6) is -0.130. The minimum Gasteiger partial charge on any atom is -0.383 e. The number of pyridine rings is 1. The van der Waals surface area contributed by atoms with Gasteiger partial charge < -0.3 is 9.64 Å². The lowest BCUT2D eigenvalue weighted by Crippen LogP contribution is -2.34. The quantitative estimate of drug-likeness (QED) is 0.756. The molecule has 0 unspecified atom stereocenters. The van der Waals surface area contributed by atoms with Gasteiger partial charge in [0, 0.05) is 30.9 Å². The summed E-state index contributed by atoms with van der Waals surface area (Å²) in [5, 5.41) is 0. The van der Waals surface area contributed by atoms with Crippen molar-refractivity contribution in [3.8, 4) is 0 Å². The number of rotatable bonds is 6. The van der Waals surface area contributed by atoms with Gasteiger partial charge in [0.25, 0.3) is 5.91 Å². The van der Waals surface area contributed by atoms with Gasteiger partial charge in [0.05, 0.1) is 6.61 Å². The van der Waals surface area contributed by atoms with Crippen molar-refractivity contribution in [1.29, 1.82) is 0 Å². The van der Waals surface area contributed by atoms with Gasteiger partial charge in [-0.05, 0) is 28.1 Å². The van der Waals surface area contributed by atoms with E-state index in [0.29, 0.717) is 29.9 Å². The summed E-state index contributed by atoms with van der Waals surface area (Å²) in [4.78, 5) is 17.9. The van der Waals surface area contributed by atoms with E-state index in [4.69, 9.17) is 4.74 Å². The Morgan fingerprint density at radius 3 is 3.06 bits per heavy atom. The second kappa shape index (κ2) is 7.19. The van der Waals surface area contributed by atoms with Crippen molar-refractivity contribution >= 4 is 21.8 Å². The van der Waals surface area contributed by atoms with E-state index in [1.165, 1.54) is 0 Å². The van der Waals surface area contributed by atoms with Crippen molar-refractivity contribution in [2.24, 2.45) is 0 Å². The second-order valence-corrected chi connectivity index (χ2v) is 4.22. The molecule has 1 rings (SSSR count). The fraction of sp³-hybridized carbons (Fsp3) is 0.333. The summed E-state index contributed by atoms with van der Waals surface area (Å²) in [6, 6.07) is 3.57. The van der Waals surface area contributed by atoms with Crippen molar-refractivity contribution < 1.29 is 9.53 Å². The summed E-state index contributed by atoms with van der Waals surface area (Å²) in [6.45, 7) is 5.13. The van der Waals surface area contributed by atoms with Gasteiger partial charge in [-0.25, -0.2) is 4.98 Å². The molecule has 1 aromatic heterocycles. The predicted octanol–water partition coefficient (Wildman–Crippen LogP) is 2.12. The number of carbonyl (C=O) groups excluding carboxylic acids is 1. The van der Waals surface area contributed by atoms with Gasteiger partial charge in [0.1, 0.15) is 5.69 Å². The SMILES string of the molecule is C=CCN(CCOC)C(=O)c1ncccc1Br. The van der Waals surface area contributed by atoms with E-state index in [1.54, 1.807) is 36.4 Å². The highest BCUT2D eigenvalue weighted by atomic mass is 79.9. The molecule has 0 atom stereocenters. The van der Waals surface area contributed by atoms with Crippen molar-refractivity contribution in [2.75, 3.05) is 26.8 Å². The Kier molecular flexibility index (Phi) is 5.86. The highest BCUT2D eigenvalue weighted by molar-refractivity contribution is 9.10. The molecule has 0 spiro atoms. The molecule has 5 heteroatoms. The molecule has 0 aromatic carbocycles. The van der Waals surface area contributed by atoms with Crippen LogP contribution in [0.1, 0.15) is 10.5 Å². The molecule has 0 saturated heterocycles. The molecule has 1 heterocycles. The zero-order valence-corrected chi connectivity index (χ0v) is 11.3. The van der Waals surface area contributed by atoms with Crippen LogP contribution in [0.15, 0.2) is 35.5 Å². The molecule has 17 heavy (non-hydrogen) atoms. The smallest absolute Gasteiger partial charge is 0.273 e. The van der Waals surface area contributed by atoms with Crippen molar-refractivity contribution in [2.45, 2.75) is 0 Å². The molecule has 0 aliphatic carbocycles. The van der Waals surface area contributed by atoms with Crippen LogP contribution in [0, 0.1) is 0 Å². The molecule has 0 aliphatic heterocycles. The first kappa shape index (κ1) is 13.9. The molecule has 0 fully saturated rings. The average Bonchev–Trinajstić information content (AvgIpc) is 2.34. The van der Waals surface area contributed by atoms with Gasteiger partial charge in [-0.15, -0.1) is 6.58 Å². The Bertz CT molecular complexity index is 396. The topological polar surface area (TPSA) is 42.4 Å². The number of methoxy groups -OCH3 is 1. The van der Waals surface area contributed by atoms with Gasteiger partial charge in [-0.2, -0.15) is 0 Å². The Labute approximate surface area is 109 Å². The molecule has 0 saturated carbocycles. The third-order valence-electron chi connectivity index (χ3n) is 2.16. The lowest BCUT2D eigenvalue weighted by molar-refractivity contribution is 0.0711. The third kappa shape index (κ3) is 3.94. The van der Waals surface area contributed by atoms with E-state index in [1.807, 2.05) is 0 Å². The number of ether oxygens (including phenoxy) is 1. The van der Waals surface area contributed by atoms with Crippen LogP contribution in [0.25, 0.3) is 0 Å². The van der Waals surface area contributed by atoms with Crippen molar-refractivity contribution in [3.63, 3.8) is 0 Å². The summed E-state index contributed by atoms with van der Waals surface area (Å²) < 4.78 is 5.67. The highest BCUT2D eigenvalue weighted by Gasteiger charge is 2.17. The maximum atomic E-state index is 12.2. The molecule has 0 radical (unpaired) electrons. The average molecular weight is 299 g/mol. The number of hydrogen-bond donors (Lipinski definition) is 0. The fourth-order valence-corrected chi connectivity index (χ4v) is 1.75. The van der Waals surface area contributed by atoms with Gasteiger partial charge in [-0.3, -0.25) is 4.79 Å². The molecular formula is C12H15BrN2O2. The van der Waals surface area contributed by atoms with Crippen LogP contribution in [0.2, 0.25) is 0 Å². The van der Waals surface area contributed by atoms with E-state index in [9.17, 15) is 4.79 Å². The summed E-state index contributed by atoms with van der Waals surface area (Å²) in [7, 11) is 1.60. The van der Waals surface area contributed by atoms with Crippen LogP contribution in [-0.4, -0.2) is 42.6 Å². The Morgan fingerprint density at radius 1 is 1.71 bits per heavy atom. The summed E-state index contributed by atoms with van der Waals surface area (Å²) in [6.07, 6.45) is 3.28. The molecule has 0 bridgehead atoms. The van der Waals surface area contributed by atoms with E-state index in [2.05, 4.69) is 27.5 Å². The Morgan fingerprint density at radius 2 is 2.47 bits per heavy atom. The second-order valence-electron chi connectivity index (χ2n) is 3.37. The lowest BCUT2D eigenvalue weighted by atomic mass is 10.3. The van der Waals surface area contributed by atoms with Crippen LogP contribution in [0.5, 0.6) is 0 Å². The number of amides is 1. The Hall–Kier alpha value is -1.20. The largest absolute Gasteiger partial charge is 0.383 e. The minimum atomic E-state index is -0.130. The lowest BCUT2D eigenvalue weighted by Gasteiger charge is -2.20. The molecular weight excluding hydrogens is 284 g/mol. The minimum absolute atomic E-state index is 0.130. The van der Waals surface area contributed by atoms with E-state index in [-0.39, 0.29) is 5.91 Å². The number of nitrogens with zero attached hydrogens (tertiary/aromatic N) is 2. The zero-order chi connectivity index (χ0) is 12.7. The maximum absolute atomic E-state index is 12.2. The van der Waals surface area contributed by atoms with Gasteiger partial charge in [0.2, 0.25) is 0 Å². The summed E-state index contributed by atoms with van der Waals surface area (Å²) >= 11 is 3.32. The maximum Gasteiger partial charge on any atom is 0.273 e. The van der Waals surface area contributed by atoms with Crippen molar-refractivity contribution in [3.05, 3.63) is 41.2 Å². The first-order chi connectivity index (χ1) is 8.20. The molecule has 0 N–H and O–H groups in total. The first-order valence-corrected chi connectivity index (χ1v) is 5.99. The van der Waals surface area contributed by atoms with Crippen LogP contribution >= 0.6 is 15.9 Å². The predicted molar refractivity (Wildman–Crippen MR) is 69.9 cm³/mol. The number of aromatic nitrogens is 1. The molecule has 0 aliphatic rings. The van der Waals surface area contributed by atoms with Gasteiger partial charge >= 0.3 is 0 Å². The summed E-state index contributed by atoms with van der Waals surface area (Å²) in [5.41, 5.74) is 0.408. The zero-order valence-electron chi connectivity index (χ0n) is 9.73. The third-order valence-corrected chi connectivity index (χ3v) is 2.80. The highest BCUT2D eigenvalue weighted by Crippen LogP contribution is 2.15. The van der Waals surface area contributed by atoms with Crippen LogP contribution in [0.4, 0.5) is 0 Å². The molecule has 1 aromatic rings. The normalized spacial score (nSPS) is 10.0. The number of hydrogen-bond acceptors (Lipinski definition) is 3. The Balaban J connectivity index is 2.83. The molecule has 1 amide bonds. The van der Waals surface area contributed by atoms with Gasteiger partial charge in [-0.1, -0.05) is 6.08 Å². The molecule has 92 valence electrons. The fourth-order valence-electron chi connectivity index (χ4n) is 1.33. The standard InChI is InChI=1S/C12H15BrN2O2/c1-3-7-15(8-9-17-2)12(16)11-10(13)5-4-6-14-11/h3-6H,1,7-9H2,2H3. The van der Waals surface area contributed by atoms with Crippen LogP contribution in [0.3, 0.4) is 0 Å². The van der Waals surface area contributed by atoms with E-state index < -0.39 is 0 Å². The molecule has 4 nitrogen and oxygen atoms in total. The van der Waals surface area contributed by atoms with Crippen molar-refractivity contribution in [1.82, 2.24) is 9.88 Å².